The normalized spacial score (nSPS) is 30.1. The number of carboxylic acids is 1. The Labute approximate surface area is 165 Å². The summed E-state index contributed by atoms with van der Waals surface area (Å²) in [7, 11) is 0. The number of hydrogen-bond acceptors (Lipinski definition) is 7. The second kappa shape index (κ2) is 6.23. The Balaban J connectivity index is 1.85. The molecule has 138 valence electrons. The first-order valence-electron chi connectivity index (χ1n) is 7.52. The lowest BCUT2D eigenvalue weighted by atomic mass is 9.85. The van der Waals surface area contributed by atoms with E-state index < -0.39 is 45.5 Å². The van der Waals surface area contributed by atoms with Crippen LogP contribution in [0.2, 0.25) is 0 Å². The molecule has 0 bridgehead atoms. The van der Waals surface area contributed by atoms with Crippen molar-refractivity contribution in [1.82, 2.24) is 10.2 Å². The van der Waals surface area contributed by atoms with Crippen LogP contribution in [-0.4, -0.2) is 49.5 Å². The monoisotopic (exact) mass is 458 g/mol. The number of nitriles is 1. The molecule has 4 N–H and O–H groups in total. The second-order valence-corrected chi connectivity index (χ2v) is 10.8. The van der Waals surface area contributed by atoms with Crippen LogP contribution in [0.15, 0.2) is 15.9 Å². The number of thioether (sulfide) groups is 1. The smallest absolute Gasteiger partial charge is 0.327 e. The first-order valence-corrected chi connectivity index (χ1v) is 10.0. The quantitative estimate of drug-likeness (QED) is 0.572. The molecular weight excluding hydrogens is 444 g/mol. The van der Waals surface area contributed by atoms with Crippen LogP contribution in [0.25, 0.3) is 0 Å². The van der Waals surface area contributed by atoms with Crippen molar-refractivity contribution < 1.29 is 19.5 Å². The highest BCUT2D eigenvalue weighted by Crippen LogP contribution is 2.54. The van der Waals surface area contributed by atoms with Crippen LogP contribution in [0.4, 0.5) is 0 Å². The lowest BCUT2D eigenvalue weighted by molar-refractivity contribution is -0.165. The third-order valence-electron chi connectivity index (χ3n) is 4.46. The minimum Gasteiger partial charge on any atom is -0.480 e. The van der Waals surface area contributed by atoms with Crippen molar-refractivity contribution in [2.45, 2.75) is 41.6 Å². The Kier molecular flexibility index (Phi) is 4.59. The van der Waals surface area contributed by atoms with E-state index in [0.717, 1.165) is 8.69 Å². The van der Waals surface area contributed by atoms with Crippen molar-refractivity contribution in [2.75, 3.05) is 0 Å². The Morgan fingerprint density at radius 3 is 2.65 bits per heavy atom. The van der Waals surface area contributed by atoms with Gasteiger partial charge in [-0.1, -0.05) is 0 Å². The summed E-state index contributed by atoms with van der Waals surface area (Å²) in [5.41, 5.74) is 4.14. The van der Waals surface area contributed by atoms with Crippen molar-refractivity contribution in [1.29, 1.82) is 5.26 Å². The number of carbonyl (C=O) groups is 3. The number of nitrogens with one attached hydrogen (secondary N) is 1. The molecular formula is C15H15BrN4O4S2. The molecule has 3 rings (SSSR count). The molecule has 2 saturated heterocycles. The first-order chi connectivity index (χ1) is 12.0. The average Bonchev–Trinajstić information content (AvgIpc) is 3.10. The van der Waals surface area contributed by atoms with Crippen LogP contribution >= 0.6 is 39.0 Å². The van der Waals surface area contributed by atoms with E-state index in [4.69, 9.17) is 5.73 Å². The highest BCUT2D eigenvalue weighted by atomic mass is 79.9. The third-order valence-corrected chi connectivity index (χ3v) is 7.80. The lowest BCUT2D eigenvalue weighted by Gasteiger charge is -2.49. The number of carbonyl (C=O) groups excluding carboxylic acids is 2. The van der Waals surface area contributed by atoms with Gasteiger partial charge in [-0.15, -0.1) is 23.1 Å². The highest BCUT2D eigenvalue weighted by Gasteiger charge is 2.73. The molecule has 3 heterocycles. The fraction of sp³-hybridized carbons (Fsp3) is 0.467. The predicted octanol–water partition coefficient (Wildman–Crippen LogP) is 1.04. The molecule has 1 aromatic heterocycles. The van der Waals surface area contributed by atoms with Crippen LogP contribution < -0.4 is 11.1 Å². The molecule has 26 heavy (non-hydrogen) atoms. The molecule has 1 aromatic rings. The van der Waals surface area contributed by atoms with Gasteiger partial charge in [-0.05, 0) is 41.9 Å². The Hall–Kier alpha value is -1.61. The number of aliphatic carboxylic acids is 1. The summed E-state index contributed by atoms with van der Waals surface area (Å²) in [6, 6.07) is 3.21. The van der Waals surface area contributed by atoms with Crippen LogP contribution in [-0.2, 0) is 14.4 Å². The number of nitrogens with two attached hydrogens (primary N) is 1. The molecule has 2 amide bonds. The molecule has 4 atom stereocenters. The number of thiophene rings is 1. The van der Waals surface area contributed by atoms with E-state index in [1.54, 1.807) is 26.0 Å². The molecule has 2 fully saturated rings. The van der Waals surface area contributed by atoms with Gasteiger partial charge in [0.15, 0.2) is 0 Å². The number of rotatable bonds is 4. The van der Waals surface area contributed by atoms with E-state index in [1.165, 1.54) is 23.1 Å². The van der Waals surface area contributed by atoms with Gasteiger partial charge in [-0.2, -0.15) is 5.26 Å². The summed E-state index contributed by atoms with van der Waals surface area (Å²) in [4.78, 5) is 38.5. The largest absolute Gasteiger partial charge is 0.480 e. The molecule has 2 aliphatic heterocycles. The van der Waals surface area contributed by atoms with Gasteiger partial charge in [0.05, 0.1) is 3.79 Å². The van der Waals surface area contributed by atoms with E-state index in [1.807, 2.05) is 6.07 Å². The standard InChI is InChI=1S/C15H15BrN4O4S2/c1-14(2)9(11(22)23)20-12(24)15(5-17,13(20)26-14)19-10(21)8(18)6-3-4-7(16)25-6/h3-4,8-9,13H,18H2,1-2H3,(H,19,21)(H,22,23)/t8?,9-,13+,15-/m0/s1. The number of β-lactam (4-membered cyclic amide) rings is 1. The van der Waals surface area contributed by atoms with Gasteiger partial charge in [0, 0.05) is 9.62 Å². The number of carboxylic acid groups (broad SMARTS) is 1. The third kappa shape index (κ3) is 2.63. The van der Waals surface area contributed by atoms with E-state index in [2.05, 4.69) is 21.2 Å². The Morgan fingerprint density at radius 1 is 1.50 bits per heavy atom. The van der Waals surface area contributed by atoms with Gasteiger partial charge in [-0.25, -0.2) is 4.79 Å². The minimum atomic E-state index is -1.81. The molecule has 0 aliphatic carbocycles. The minimum absolute atomic E-state index is 0.578. The Morgan fingerprint density at radius 2 is 2.15 bits per heavy atom. The maximum Gasteiger partial charge on any atom is 0.327 e. The maximum atomic E-state index is 12.7. The van der Waals surface area contributed by atoms with Gasteiger partial charge in [-0.3, -0.25) is 9.59 Å². The van der Waals surface area contributed by atoms with Crippen molar-refractivity contribution in [3.8, 4) is 6.07 Å². The Bertz CT molecular complexity index is 851. The van der Waals surface area contributed by atoms with Gasteiger partial charge in [0.25, 0.3) is 5.91 Å². The molecule has 1 unspecified atom stereocenters. The fourth-order valence-corrected chi connectivity index (χ4v) is 6.27. The zero-order chi connectivity index (χ0) is 19.4. The van der Waals surface area contributed by atoms with Gasteiger partial charge in [0.1, 0.15) is 23.5 Å². The van der Waals surface area contributed by atoms with Crippen molar-refractivity contribution in [3.05, 3.63) is 20.8 Å². The highest BCUT2D eigenvalue weighted by molar-refractivity contribution is 9.11. The number of fused-ring (bicyclic) bond motifs is 1. The lowest BCUT2D eigenvalue weighted by Crippen LogP contribution is -2.79. The van der Waals surface area contributed by atoms with Gasteiger partial charge < -0.3 is 21.1 Å². The summed E-state index contributed by atoms with van der Waals surface area (Å²) < 4.78 is 0.00462. The van der Waals surface area contributed by atoms with E-state index >= 15 is 0 Å². The van der Waals surface area contributed by atoms with E-state index in [-0.39, 0.29) is 0 Å². The number of hydrogen-bond donors (Lipinski definition) is 3. The molecule has 0 saturated carbocycles. The molecule has 8 nitrogen and oxygen atoms in total. The summed E-state index contributed by atoms with van der Waals surface area (Å²) in [5, 5.41) is 20.8. The number of amides is 2. The zero-order valence-corrected chi connectivity index (χ0v) is 16.9. The first kappa shape index (κ1) is 19.2. The van der Waals surface area contributed by atoms with E-state index in [9.17, 15) is 24.8 Å². The van der Waals surface area contributed by atoms with Crippen molar-refractivity contribution in [2.24, 2.45) is 5.73 Å². The van der Waals surface area contributed by atoms with Gasteiger partial charge >= 0.3 is 5.97 Å². The molecule has 0 radical (unpaired) electrons. The summed E-state index contributed by atoms with van der Waals surface area (Å²) in [6.45, 7) is 3.39. The predicted molar refractivity (Wildman–Crippen MR) is 99.2 cm³/mol. The second-order valence-electron chi connectivity index (χ2n) is 6.56. The summed E-state index contributed by atoms with van der Waals surface area (Å²) in [5.74, 6) is -2.52. The van der Waals surface area contributed by atoms with Crippen LogP contribution in [0.1, 0.15) is 24.8 Å². The van der Waals surface area contributed by atoms with Gasteiger partial charge in [0.2, 0.25) is 11.4 Å². The molecule has 2 aliphatic rings. The molecule has 0 aromatic carbocycles. The SMILES string of the molecule is CC1(C)S[C@H]2N(C(=O)[C@]2(C#N)NC(=O)C(N)c2ccc(Br)s2)[C@H]1C(=O)O. The summed E-state index contributed by atoms with van der Waals surface area (Å²) in [6.07, 6.45) is 0. The van der Waals surface area contributed by atoms with Crippen LogP contribution in [0, 0.1) is 11.3 Å². The topological polar surface area (TPSA) is 137 Å². The zero-order valence-electron chi connectivity index (χ0n) is 13.7. The van der Waals surface area contributed by atoms with Crippen molar-refractivity contribution in [3.63, 3.8) is 0 Å². The fourth-order valence-electron chi connectivity index (χ4n) is 3.20. The molecule has 11 heteroatoms. The van der Waals surface area contributed by atoms with Crippen LogP contribution in [0.3, 0.4) is 0 Å². The van der Waals surface area contributed by atoms with Crippen LogP contribution in [0.5, 0.6) is 0 Å². The number of nitrogens with zero attached hydrogens (tertiary/aromatic N) is 2. The summed E-state index contributed by atoms with van der Waals surface area (Å²) >= 11 is 5.75. The average molecular weight is 459 g/mol. The maximum absolute atomic E-state index is 12.7. The van der Waals surface area contributed by atoms with E-state index in [0.29, 0.717) is 4.88 Å². The number of halogens is 1. The van der Waals surface area contributed by atoms with Crippen molar-refractivity contribution >= 4 is 56.8 Å². The molecule has 0 spiro atoms.